The Labute approximate surface area is 154 Å². The molecule has 2 aromatic rings. The minimum Gasteiger partial charge on any atom is -0.457 e. The molecular formula is C19H23ClN2O3. The third kappa shape index (κ3) is 5.46. The van der Waals surface area contributed by atoms with Crippen LogP contribution in [0.25, 0.3) is 0 Å². The quantitative estimate of drug-likeness (QED) is 0.858. The van der Waals surface area contributed by atoms with Crippen molar-refractivity contribution in [2.75, 3.05) is 13.2 Å². The van der Waals surface area contributed by atoms with Crippen molar-refractivity contribution < 1.29 is 14.3 Å². The summed E-state index contributed by atoms with van der Waals surface area (Å²) < 4.78 is 11.3. The van der Waals surface area contributed by atoms with Gasteiger partial charge in [0.15, 0.2) is 0 Å². The molecule has 2 aromatic carbocycles. The fourth-order valence-corrected chi connectivity index (χ4v) is 2.63. The molecule has 1 saturated heterocycles. The fourth-order valence-electron chi connectivity index (χ4n) is 2.63. The molecule has 1 aliphatic rings. The molecule has 0 unspecified atom stereocenters. The van der Waals surface area contributed by atoms with Gasteiger partial charge in [-0.1, -0.05) is 30.3 Å². The zero-order valence-corrected chi connectivity index (χ0v) is 14.9. The number of morpholine rings is 1. The maximum atomic E-state index is 12.2. The summed E-state index contributed by atoms with van der Waals surface area (Å²) in [6.45, 7) is 3.74. The average molecular weight is 363 g/mol. The summed E-state index contributed by atoms with van der Waals surface area (Å²) >= 11 is 0. The van der Waals surface area contributed by atoms with Crippen molar-refractivity contribution in [3.63, 3.8) is 0 Å². The van der Waals surface area contributed by atoms with Crippen molar-refractivity contribution in [2.24, 2.45) is 0 Å². The molecule has 1 amide bonds. The zero-order valence-electron chi connectivity index (χ0n) is 14.1. The molecule has 0 spiro atoms. The highest BCUT2D eigenvalue weighted by molar-refractivity contribution is 5.85. The van der Waals surface area contributed by atoms with E-state index in [2.05, 4.69) is 10.6 Å². The van der Waals surface area contributed by atoms with Gasteiger partial charge in [-0.25, -0.2) is 0 Å². The van der Waals surface area contributed by atoms with Gasteiger partial charge in [0.05, 0.1) is 12.7 Å². The van der Waals surface area contributed by atoms with Crippen LogP contribution in [0.3, 0.4) is 0 Å². The number of benzene rings is 2. The van der Waals surface area contributed by atoms with E-state index in [1.54, 1.807) is 0 Å². The third-order valence-electron chi connectivity index (χ3n) is 3.97. The first-order valence-corrected chi connectivity index (χ1v) is 8.17. The van der Waals surface area contributed by atoms with Crippen LogP contribution in [0.4, 0.5) is 0 Å². The number of amides is 1. The second kappa shape index (κ2) is 9.42. The van der Waals surface area contributed by atoms with E-state index >= 15 is 0 Å². The predicted octanol–water partition coefficient (Wildman–Crippen LogP) is 2.89. The Balaban J connectivity index is 0.00000225. The Bertz CT molecular complexity index is 664. The summed E-state index contributed by atoms with van der Waals surface area (Å²) in [7, 11) is 0. The van der Waals surface area contributed by atoms with E-state index in [-0.39, 0.29) is 30.5 Å². The van der Waals surface area contributed by atoms with Crippen LogP contribution < -0.4 is 15.4 Å². The van der Waals surface area contributed by atoms with Gasteiger partial charge in [-0.15, -0.1) is 12.4 Å². The van der Waals surface area contributed by atoms with Crippen LogP contribution >= 0.6 is 12.4 Å². The Hall–Kier alpha value is -2.08. The summed E-state index contributed by atoms with van der Waals surface area (Å²) in [5.41, 5.74) is 1.02. The van der Waals surface area contributed by atoms with E-state index in [1.807, 2.05) is 61.5 Å². The minimum atomic E-state index is -0.292. The highest BCUT2D eigenvalue weighted by Crippen LogP contribution is 2.21. The van der Waals surface area contributed by atoms with Gasteiger partial charge in [0.2, 0.25) is 5.91 Å². The van der Waals surface area contributed by atoms with Gasteiger partial charge in [0, 0.05) is 13.1 Å². The molecule has 0 saturated carbocycles. The van der Waals surface area contributed by atoms with E-state index in [9.17, 15) is 4.79 Å². The van der Waals surface area contributed by atoms with Crippen LogP contribution in [0, 0.1) is 0 Å². The lowest BCUT2D eigenvalue weighted by molar-refractivity contribution is -0.129. The lowest BCUT2D eigenvalue weighted by atomic mass is 10.1. The molecule has 1 heterocycles. The van der Waals surface area contributed by atoms with Crippen LogP contribution in [-0.4, -0.2) is 31.2 Å². The number of hydrogen-bond donors (Lipinski definition) is 2. The number of hydrogen-bond acceptors (Lipinski definition) is 4. The standard InChI is InChI=1S/C19H22N2O3.ClH/c1-14-18(20-11-12-23-14)19(22)21-13-15-7-9-17(10-8-15)24-16-5-3-2-4-6-16;/h2-10,14,18,20H,11-13H2,1H3,(H,21,22);1H/t14-,18+;/m1./s1. The Morgan fingerprint density at radius 2 is 1.84 bits per heavy atom. The summed E-state index contributed by atoms with van der Waals surface area (Å²) in [4.78, 5) is 12.2. The molecule has 0 bridgehead atoms. The number of carbonyl (C=O) groups is 1. The Kier molecular flexibility index (Phi) is 7.25. The van der Waals surface area contributed by atoms with Gasteiger partial charge in [-0.05, 0) is 36.8 Å². The fraction of sp³-hybridized carbons (Fsp3) is 0.316. The van der Waals surface area contributed by atoms with Gasteiger partial charge < -0.3 is 20.1 Å². The molecular weight excluding hydrogens is 340 g/mol. The molecule has 0 aromatic heterocycles. The molecule has 134 valence electrons. The summed E-state index contributed by atoms with van der Waals surface area (Å²) in [6, 6.07) is 17.1. The number of ether oxygens (including phenoxy) is 2. The molecule has 5 nitrogen and oxygen atoms in total. The first kappa shape index (κ1) is 19.2. The molecule has 6 heteroatoms. The SMILES string of the molecule is C[C@H]1OCCN[C@@H]1C(=O)NCc1ccc(Oc2ccccc2)cc1.Cl. The van der Waals surface area contributed by atoms with Crippen LogP contribution in [0.5, 0.6) is 11.5 Å². The predicted molar refractivity (Wildman–Crippen MR) is 99.3 cm³/mol. The number of halogens is 1. The first-order valence-electron chi connectivity index (χ1n) is 8.17. The van der Waals surface area contributed by atoms with E-state index in [0.717, 1.165) is 17.1 Å². The average Bonchev–Trinajstić information content (AvgIpc) is 2.62. The molecule has 1 fully saturated rings. The second-order valence-electron chi connectivity index (χ2n) is 5.78. The molecule has 0 radical (unpaired) electrons. The summed E-state index contributed by atoms with van der Waals surface area (Å²) in [5.74, 6) is 1.54. The number of carbonyl (C=O) groups excluding carboxylic acids is 1. The molecule has 0 aliphatic carbocycles. The van der Waals surface area contributed by atoms with Crippen molar-refractivity contribution in [3.05, 3.63) is 60.2 Å². The van der Waals surface area contributed by atoms with Gasteiger partial charge in [0.25, 0.3) is 0 Å². The Morgan fingerprint density at radius 3 is 2.52 bits per heavy atom. The van der Waals surface area contributed by atoms with E-state index in [1.165, 1.54) is 0 Å². The van der Waals surface area contributed by atoms with Gasteiger partial charge >= 0.3 is 0 Å². The van der Waals surface area contributed by atoms with Crippen LogP contribution in [0.2, 0.25) is 0 Å². The topological polar surface area (TPSA) is 59.6 Å². The lowest BCUT2D eigenvalue weighted by Crippen LogP contribution is -2.55. The van der Waals surface area contributed by atoms with E-state index < -0.39 is 0 Å². The lowest BCUT2D eigenvalue weighted by Gasteiger charge is -2.29. The third-order valence-corrected chi connectivity index (χ3v) is 3.97. The molecule has 2 atom stereocenters. The zero-order chi connectivity index (χ0) is 16.8. The van der Waals surface area contributed by atoms with Crippen LogP contribution in [0.1, 0.15) is 12.5 Å². The molecule has 2 N–H and O–H groups in total. The van der Waals surface area contributed by atoms with Gasteiger partial charge in [-0.3, -0.25) is 4.79 Å². The van der Waals surface area contributed by atoms with Gasteiger partial charge in [-0.2, -0.15) is 0 Å². The van der Waals surface area contributed by atoms with Crippen molar-refractivity contribution in [1.82, 2.24) is 10.6 Å². The van der Waals surface area contributed by atoms with Crippen molar-refractivity contribution in [1.29, 1.82) is 0 Å². The number of rotatable bonds is 5. The van der Waals surface area contributed by atoms with Crippen molar-refractivity contribution in [3.8, 4) is 11.5 Å². The normalized spacial score (nSPS) is 19.6. The highest BCUT2D eigenvalue weighted by atomic mass is 35.5. The number of para-hydroxylation sites is 1. The summed E-state index contributed by atoms with van der Waals surface area (Å²) in [6.07, 6.45) is -0.111. The van der Waals surface area contributed by atoms with Crippen LogP contribution in [-0.2, 0) is 16.1 Å². The minimum absolute atomic E-state index is 0. The highest BCUT2D eigenvalue weighted by Gasteiger charge is 2.27. The molecule has 25 heavy (non-hydrogen) atoms. The maximum Gasteiger partial charge on any atom is 0.240 e. The summed E-state index contributed by atoms with van der Waals surface area (Å²) in [5, 5.41) is 6.13. The monoisotopic (exact) mass is 362 g/mol. The van der Waals surface area contributed by atoms with E-state index in [4.69, 9.17) is 9.47 Å². The maximum absolute atomic E-state index is 12.2. The molecule has 3 rings (SSSR count). The first-order chi connectivity index (χ1) is 11.7. The Morgan fingerprint density at radius 1 is 1.16 bits per heavy atom. The van der Waals surface area contributed by atoms with E-state index in [0.29, 0.717) is 19.7 Å². The molecule has 1 aliphatic heterocycles. The van der Waals surface area contributed by atoms with Crippen molar-refractivity contribution >= 4 is 18.3 Å². The smallest absolute Gasteiger partial charge is 0.240 e. The van der Waals surface area contributed by atoms with Gasteiger partial charge in [0.1, 0.15) is 17.5 Å². The number of nitrogens with one attached hydrogen (secondary N) is 2. The van der Waals surface area contributed by atoms with Crippen LogP contribution in [0.15, 0.2) is 54.6 Å². The van der Waals surface area contributed by atoms with Crippen molar-refractivity contribution in [2.45, 2.75) is 25.6 Å². The second-order valence-corrected chi connectivity index (χ2v) is 5.78. The largest absolute Gasteiger partial charge is 0.457 e.